The van der Waals surface area contributed by atoms with Gasteiger partial charge in [-0.3, -0.25) is 4.72 Å². The molecule has 6 nitrogen and oxygen atoms in total. The number of hydrogen-bond acceptors (Lipinski definition) is 5. The Balaban J connectivity index is 2.08. The minimum Gasteiger partial charge on any atom is -0.384 e. The van der Waals surface area contributed by atoms with Gasteiger partial charge in [-0.05, 0) is 42.3 Å². The van der Waals surface area contributed by atoms with Crippen molar-refractivity contribution in [3.05, 3.63) is 65.1 Å². The first kappa shape index (κ1) is 19.0. The van der Waals surface area contributed by atoms with Gasteiger partial charge in [-0.1, -0.05) is 11.6 Å². The van der Waals surface area contributed by atoms with E-state index in [1.807, 2.05) is 0 Å². The number of sulfonamides is 1. The van der Waals surface area contributed by atoms with E-state index >= 15 is 0 Å². The normalized spacial score (nSPS) is 11.4. The smallest absolute Gasteiger partial charge is 0.264 e. The maximum Gasteiger partial charge on any atom is 0.264 e. The second-order valence-electron chi connectivity index (χ2n) is 5.61. The standard InChI is InChI=1S/C17H13ClF2N4O2S/c1-9-12(10-4-5-22-15(21)6-10)8-23-17(18)16(9)24-27(25,26)14-3-2-11(19)7-13(14)20/h2-8,24H,1H3,(H2,21,22). The van der Waals surface area contributed by atoms with Gasteiger partial charge in [0.25, 0.3) is 10.0 Å². The van der Waals surface area contributed by atoms with Crippen LogP contribution < -0.4 is 10.5 Å². The molecule has 0 atom stereocenters. The van der Waals surface area contributed by atoms with Crippen molar-refractivity contribution in [2.45, 2.75) is 11.8 Å². The molecule has 0 saturated carbocycles. The topological polar surface area (TPSA) is 98.0 Å². The SMILES string of the molecule is Cc1c(-c2ccnc(N)c2)cnc(Cl)c1NS(=O)(=O)c1ccc(F)cc1F. The maximum absolute atomic E-state index is 13.9. The third kappa shape index (κ3) is 3.83. The first-order valence-electron chi connectivity index (χ1n) is 7.54. The van der Waals surface area contributed by atoms with Gasteiger partial charge in [0.1, 0.15) is 22.3 Å². The van der Waals surface area contributed by atoms with Gasteiger partial charge < -0.3 is 5.73 Å². The molecule has 0 unspecified atom stereocenters. The van der Waals surface area contributed by atoms with Crippen LogP contribution in [0.3, 0.4) is 0 Å². The first-order chi connectivity index (χ1) is 12.7. The maximum atomic E-state index is 13.9. The second kappa shape index (κ2) is 7.09. The minimum absolute atomic E-state index is 0.0201. The molecule has 2 heterocycles. The molecule has 3 rings (SSSR count). The predicted molar refractivity (Wildman–Crippen MR) is 98.8 cm³/mol. The van der Waals surface area contributed by atoms with Crippen LogP contribution in [0.5, 0.6) is 0 Å². The van der Waals surface area contributed by atoms with Crippen LogP contribution in [0.1, 0.15) is 5.56 Å². The molecule has 0 spiro atoms. The third-order valence-corrected chi connectivity index (χ3v) is 5.47. The first-order valence-corrected chi connectivity index (χ1v) is 9.40. The van der Waals surface area contributed by atoms with Gasteiger partial charge in [0.15, 0.2) is 5.15 Å². The highest BCUT2D eigenvalue weighted by atomic mass is 35.5. The molecule has 0 radical (unpaired) electrons. The molecule has 1 aromatic carbocycles. The molecule has 140 valence electrons. The number of hydrogen-bond donors (Lipinski definition) is 2. The Bertz CT molecular complexity index is 1140. The number of aromatic nitrogens is 2. The van der Waals surface area contributed by atoms with Gasteiger partial charge in [-0.15, -0.1) is 0 Å². The van der Waals surface area contributed by atoms with Crippen molar-refractivity contribution < 1.29 is 17.2 Å². The summed E-state index contributed by atoms with van der Waals surface area (Å²) >= 11 is 6.05. The van der Waals surface area contributed by atoms with Crippen molar-refractivity contribution in [3.63, 3.8) is 0 Å². The van der Waals surface area contributed by atoms with Gasteiger partial charge >= 0.3 is 0 Å². The fourth-order valence-electron chi connectivity index (χ4n) is 2.48. The molecular formula is C17H13ClF2N4O2S. The highest BCUT2D eigenvalue weighted by Gasteiger charge is 2.23. The molecule has 0 amide bonds. The molecule has 27 heavy (non-hydrogen) atoms. The van der Waals surface area contributed by atoms with Gasteiger partial charge in [-0.2, -0.15) is 0 Å². The van der Waals surface area contributed by atoms with Crippen LogP contribution in [-0.2, 0) is 10.0 Å². The summed E-state index contributed by atoms with van der Waals surface area (Å²) in [5.74, 6) is -1.83. The van der Waals surface area contributed by atoms with E-state index in [1.54, 1.807) is 19.1 Å². The summed E-state index contributed by atoms with van der Waals surface area (Å²) in [6, 6.07) is 5.43. The lowest BCUT2D eigenvalue weighted by Gasteiger charge is -2.15. The van der Waals surface area contributed by atoms with Crippen LogP contribution in [-0.4, -0.2) is 18.4 Å². The van der Waals surface area contributed by atoms with Gasteiger partial charge in [0.05, 0.1) is 5.69 Å². The van der Waals surface area contributed by atoms with Crippen molar-refractivity contribution in [3.8, 4) is 11.1 Å². The number of rotatable bonds is 4. The molecule has 0 aliphatic carbocycles. The zero-order chi connectivity index (χ0) is 19.8. The van der Waals surface area contributed by atoms with Gasteiger partial charge in [0.2, 0.25) is 0 Å². The summed E-state index contributed by atoms with van der Waals surface area (Å²) in [4.78, 5) is 7.17. The zero-order valence-electron chi connectivity index (χ0n) is 13.9. The van der Waals surface area contributed by atoms with Crippen molar-refractivity contribution in [1.82, 2.24) is 9.97 Å². The van der Waals surface area contributed by atoms with Crippen LogP contribution in [0, 0.1) is 18.6 Å². The molecule has 2 aromatic heterocycles. The summed E-state index contributed by atoms with van der Waals surface area (Å²) < 4.78 is 54.3. The molecule has 3 N–H and O–H groups in total. The van der Waals surface area contributed by atoms with Crippen LogP contribution in [0.15, 0.2) is 47.6 Å². The Kier molecular flexibility index (Phi) is 4.99. The quantitative estimate of drug-likeness (QED) is 0.638. The number of pyridine rings is 2. The summed E-state index contributed by atoms with van der Waals surface area (Å²) in [5, 5.41) is -0.121. The molecule has 0 saturated heterocycles. The van der Waals surface area contributed by atoms with Crippen molar-refractivity contribution in [2.75, 3.05) is 10.5 Å². The molecule has 0 fully saturated rings. The van der Waals surface area contributed by atoms with Gasteiger partial charge in [-0.25, -0.2) is 27.2 Å². The van der Waals surface area contributed by atoms with Crippen LogP contribution in [0.2, 0.25) is 5.15 Å². The fraction of sp³-hybridized carbons (Fsp3) is 0.0588. The van der Waals surface area contributed by atoms with Crippen molar-refractivity contribution in [1.29, 1.82) is 0 Å². The highest BCUT2D eigenvalue weighted by Crippen LogP contribution is 2.34. The lowest BCUT2D eigenvalue weighted by molar-refractivity contribution is 0.551. The Morgan fingerprint density at radius 1 is 1.15 bits per heavy atom. The molecule has 3 aromatic rings. The average molecular weight is 411 g/mol. The minimum atomic E-state index is -4.37. The van der Waals surface area contributed by atoms with E-state index in [0.29, 0.717) is 22.8 Å². The second-order valence-corrected chi connectivity index (χ2v) is 7.62. The fourth-order valence-corrected chi connectivity index (χ4v) is 3.97. The Morgan fingerprint density at radius 2 is 1.89 bits per heavy atom. The number of nitrogen functional groups attached to an aromatic ring is 1. The number of benzene rings is 1. The highest BCUT2D eigenvalue weighted by molar-refractivity contribution is 7.92. The van der Waals surface area contributed by atoms with E-state index in [-0.39, 0.29) is 16.7 Å². The third-order valence-electron chi connectivity index (χ3n) is 3.80. The van der Waals surface area contributed by atoms with E-state index in [1.165, 1.54) is 12.4 Å². The van der Waals surface area contributed by atoms with E-state index in [9.17, 15) is 17.2 Å². The van der Waals surface area contributed by atoms with Crippen molar-refractivity contribution in [2.24, 2.45) is 0 Å². The van der Waals surface area contributed by atoms with Crippen LogP contribution in [0.25, 0.3) is 11.1 Å². The number of halogens is 3. The van der Waals surface area contributed by atoms with Crippen LogP contribution >= 0.6 is 11.6 Å². The largest absolute Gasteiger partial charge is 0.384 e. The Hall–Kier alpha value is -2.78. The van der Waals surface area contributed by atoms with E-state index in [2.05, 4.69) is 14.7 Å². The zero-order valence-corrected chi connectivity index (χ0v) is 15.4. The lowest BCUT2D eigenvalue weighted by atomic mass is 10.0. The number of nitrogens with two attached hydrogens (primary N) is 1. The molecule has 0 aliphatic heterocycles. The summed E-state index contributed by atoms with van der Waals surface area (Å²) in [5.41, 5.74) is 7.32. The Labute approximate surface area is 159 Å². The van der Waals surface area contributed by atoms with E-state index < -0.39 is 26.6 Å². The average Bonchev–Trinajstić information content (AvgIpc) is 2.58. The summed E-state index contributed by atoms with van der Waals surface area (Å²) in [6.07, 6.45) is 2.96. The van der Waals surface area contributed by atoms with Crippen molar-refractivity contribution >= 4 is 33.1 Å². The molecule has 10 heteroatoms. The summed E-state index contributed by atoms with van der Waals surface area (Å²) in [6.45, 7) is 1.62. The van der Waals surface area contributed by atoms with Crippen LogP contribution in [0.4, 0.5) is 20.3 Å². The monoisotopic (exact) mass is 410 g/mol. The molecule has 0 aliphatic rings. The number of nitrogens with one attached hydrogen (secondary N) is 1. The Morgan fingerprint density at radius 3 is 2.56 bits per heavy atom. The summed E-state index contributed by atoms with van der Waals surface area (Å²) in [7, 11) is -4.37. The number of anilines is 2. The molecular weight excluding hydrogens is 398 g/mol. The van der Waals surface area contributed by atoms with E-state index in [0.717, 1.165) is 12.1 Å². The molecule has 0 bridgehead atoms. The lowest BCUT2D eigenvalue weighted by Crippen LogP contribution is -2.16. The number of nitrogens with zero attached hydrogens (tertiary/aromatic N) is 2. The van der Waals surface area contributed by atoms with Gasteiger partial charge in [0, 0.05) is 24.0 Å². The van der Waals surface area contributed by atoms with E-state index in [4.69, 9.17) is 17.3 Å². The predicted octanol–water partition coefficient (Wildman–Crippen LogP) is 3.77.